The van der Waals surface area contributed by atoms with E-state index in [4.69, 9.17) is 4.98 Å². The Kier molecular flexibility index (Phi) is 5.63. The van der Waals surface area contributed by atoms with Crippen molar-refractivity contribution in [3.8, 4) is 11.4 Å². The number of carbonyl (C=O) groups is 1. The lowest BCUT2D eigenvalue weighted by Crippen LogP contribution is -2.37. The van der Waals surface area contributed by atoms with Gasteiger partial charge in [-0.15, -0.1) is 0 Å². The fourth-order valence-electron chi connectivity index (χ4n) is 5.49. The second kappa shape index (κ2) is 9.07. The molecule has 4 aromatic rings. The van der Waals surface area contributed by atoms with Crippen LogP contribution in [-0.4, -0.2) is 57.5 Å². The first-order valence-corrected chi connectivity index (χ1v) is 12.4. The molecule has 5 heteroatoms. The summed E-state index contributed by atoms with van der Waals surface area (Å²) in [4.78, 5) is 22.7. The molecule has 0 spiro atoms. The van der Waals surface area contributed by atoms with Crippen LogP contribution in [-0.2, 0) is 6.54 Å². The van der Waals surface area contributed by atoms with E-state index in [2.05, 4.69) is 51.9 Å². The largest absolute Gasteiger partial charge is 0.337 e. The zero-order valence-electron chi connectivity index (χ0n) is 19.4. The van der Waals surface area contributed by atoms with Crippen molar-refractivity contribution in [1.82, 2.24) is 19.4 Å². The minimum absolute atomic E-state index is 0.159. The summed E-state index contributed by atoms with van der Waals surface area (Å²) in [6.45, 7) is 4.82. The number of hydrogen-bond donors (Lipinski definition) is 0. The quantitative estimate of drug-likeness (QED) is 0.427. The maximum absolute atomic E-state index is 13.1. The van der Waals surface area contributed by atoms with Crippen molar-refractivity contribution in [2.75, 3.05) is 26.2 Å². The molecular formula is C29H30N4O. The summed E-state index contributed by atoms with van der Waals surface area (Å²) < 4.78 is 2.27. The lowest BCUT2D eigenvalue weighted by atomic mass is 10.1. The van der Waals surface area contributed by atoms with Gasteiger partial charge in [-0.25, -0.2) is 4.98 Å². The molecule has 0 bridgehead atoms. The Labute approximate surface area is 200 Å². The molecule has 0 saturated carbocycles. The van der Waals surface area contributed by atoms with Crippen molar-refractivity contribution in [2.45, 2.75) is 31.8 Å². The highest BCUT2D eigenvalue weighted by Gasteiger charge is 2.31. The molecule has 1 unspecified atom stereocenters. The molecule has 6 rings (SSSR count). The third-order valence-corrected chi connectivity index (χ3v) is 7.34. The van der Waals surface area contributed by atoms with E-state index >= 15 is 0 Å². The van der Waals surface area contributed by atoms with E-state index in [0.29, 0.717) is 12.6 Å². The summed E-state index contributed by atoms with van der Waals surface area (Å²) in [6, 6.07) is 27.3. The number of imidazole rings is 1. The molecule has 172 valence electrons. The normalized spacial score (nSPS) is 18.7. The Morgan fingerprint density at radius 3 is 2.38 bits per heavy atom. The van der Waals surface area contributed by atoms with Crippen LogP contribution >= 0.6 is 0 Å². The number of benzene rings is 3. The standard InChI is InChI=1S/C29H30N4O/c34-29(32-19-16-25(21-32)31-17-6-7-18-31)24-14-12-22(13-15-24)20-33-27-11-5-4-10-26(27)30-28(33)23-8-2-1-3-9-23/h1-5,8-15,25H,6-7,16-21H2. The van der Waals surface area contributed by atoms with E-state index in [0.717, 1.165) is 53.1 Å². The van der Waals surface area contributed by atoms with Gasteiger partial charge < -0.3 is 9.47 Å². The van der Waals surface area contributed by atoms with Crippen LogP contribution in [0.4, 0.5) is 0 Å². The van der Waals surface area contributed by atoms with E-state index in [-0.39, 0.29) is 5.91 Å². The molecule has 1 amide bonds. The number of amides is 1. The molecular weight excluding hydrogens is 420 g/mol. The molecule has 5 nitrogen and oxygen atoms in total. The summed E-state index contributed by atoms with van der Waals surface area (Å²) in [5.74, 6) is 1.12. The summed E-state index contributed by atoms with van der Waals surface area (Å²) in [6.07, 6.45) is 3.69. The molecule has 2 fully saturated rings. The first-order valence-electron chi connectivity index (χ1n) is 12.4. The Bertz CT molecular complexity index is 1290. The Hall–Kier alpha value is -3.44. The van der Waals surface area contributed by atoms with Crippen molar-refractivity contribution >= 4 is 16.9 Å². The van der Waals surface area contributed by atoms with Gasteiger partial charge >= 0.3 is 0 Å². The maximum Gasteiger partial charge on any atom is 0.253 e. The van der Waals surface area contributed by atoms with Gasteiger partial charge in [-0.2, -0.15) is 0 Å². The molecule has 0 radical (unpaired) electrons. The second-order valence-electron chi connectivity index (χ2n) is 9.51. The lowest BCUT2D eigenvalue weighted by Gasteiger charge is -2.23. The zero-order chi connectivity index (χ0) is 22.9. The predicted molar refractivity (Wildman–Crippen MR) is 136 cm³/mol. The van der Waals surface area contributed by atoms with Crippen molar-refractivity contribution in [1.29, 1.82) is 0 Å². The molecule has 0 N–H and O–H groups in total. The average molecular weight is 451 g/mol. The van der Waals surface area contributed by atoms with E-state index < -0.39 is 0 Å². The van der Waals surface area contributed by atoms with Gasteiger partial charge in [0.1, 0.15) is 5.82 Å². The van der Waals surface area contributed by atoms with Gasteiger partial charge in [-0.1, -0.05) is 54.6 Å². The fourth-order valence-corrected chi connectivity index (χ4v) is 5.49. The third kappa shape index (κ3) is 4.01. The van der Waals surface area contributed by atoms with E-state index in [1.165, 1.54) is 25.9 Å². The Balaban J connectivity index is 1.21. The summed E-state index contributed by atoms with van der Waals surface area (Å²) in [7, 11) is 0. The van der Waals surface area contributed by atoms with Gasteiger partial charge in [0.2, 0.25) is 0 Å². The summed E-state index contributed by atoms with van der Waals surface area (Å²) in [5.41, 5.74) is 5.16. The van der Waals surface area contributed by atoms with Crippen molar-refractivity contribution in [3.63, 3.8) is 0 Å². The van der Waals surface area contributed by atoms with Crippen LogP contribution in [0, 0.1) is 0 Å². The monoisotopic (exact) mass is 450 g/mol. The molecule has 3 aromatic carbocycles. The highest BCUT2D eigenvalue weighted by Crippen LogP contribution is 2.26. The van der Waals surface area contributed by atoms with Crippen LogP contribution in [0.1, 0.15) is 35.2 Å². The van der Waals surface area contributed by atoms with E-state index in [1.807, 2.05) is 41.3 Å². The Morgan fingerprint density at radius 1 is 0.853 bits per heavy atom. The van der Waals surface area contributed by atoms with Crippen LogP contribution in [0.3, 0.4) is 0 Å². The molecule has 2 aliphatic heterocycles. The first kappa shape index (κ1) is 21.1. The van der Waals surface area contributed by atoms with Gasteiger partial charge in [-0.3, -0.25) is 9.69 Å². The molecule has 2 aliphatic rings. The van der Waals surface area contributed by atoms with Crippen molar-refractivity contribution in [3.05, 3.63) is 90.0 Å². The van der Waals surface area contributed by atoms with Crippen LogP contribution in [0.2, 0.25) is 0 Å². The Morgan fingerprint density at radius 2 is 1.59 bits per heavy atom. The number of likely N-dealkylation sites (tertiary alicyclic amines) is 2. The minimum Gasteiger partial charge on any atom is -0.337 e. The molecule has 0 aliphatic carbocycles. The summed E-state index contributed by atoms with van der Waals surface area (Å²) in [5, 5.41) is 0. The van der Waals surface area contributed by atoms with E-state index in [9.17, 15) is 4.79 Å². The molecule has 3 heterocycles. The first-order chi connectivity index (χ1) is 16.8. The van der Waals surface area contributed by atoms with Crippen LogP contribution < -0.4 is 0 Å². The number of carbonyl (C=O) groups excluding carboxylic acids is 1. The predicted octanol–water partition coefficient (Wildman–Crippen LogP) is 5.06. The number of aromatic nitrogens is 2. The smallest absolute Gasteiger partial charge is 0.253 e. The fraction of sp³-hybridized carbons (Fsp3) is 0.310. The highest BCUT2D eigenvalue weighted by atomic mass is 16.2. The second-order valence-corrected chi connectivity index (χ2v) is 9.51. The number of nitrogens with zero attached hydrogens (tertiary/aromatic N) is 4. The van der Waals surface area contributed by atoms with Gasteiger partial charge in [-0.05, 0) is 62.2 Å². The lowest BCUT2D eigenvalue weighted by molar-refractivity contribution is 0.0780. The van der Waals surface area contributed by atoms with Crippen LogP contribution in [0.5, 0.6) is 0 Å². The molecule has 2 saturated heterocycles. The van der Waals surface area contributed by atoms with Crippen molar-refractivity contribution < 1.29 is 4.79 Å². The minimum atomic E-state index is 0.159. The van der Waals surface area contributed by atoms with E-state index in [1.54, 1.807) is 0 Å². The van der Waals surface area contributed by atoms with Gasteiger partial charge in [0.25, 0.3) is 5.91 Å². The molecule has 1 atom stereocenters. The molecule has 1 aromatic heterocycles. The van der Waals surface area contributed by atoms with Crippen LogP contribution in [0.15, 0.2) is 78.9 Å². The number of rotatable bonds is 5. The summed E-state index contributed by atoms with van der Waals surface area (Å²) >= 11 is 0. The molecule has 34 heavy (non-hydrogen) atoms. The third-order valence-electron chi connectivity index (χ3n) is 7.34. The van der Waals surface area contributed by atoms with Gasteiger partial charge in [0.15, 0.2) is 0 Å². The zero-order valence-corrected chi connectivity index (χ0v) is 19.4. The number of fused-ring (bicyclic) bond motifs is 1. The van der Waals surface area contributed by atoms with Gasteiger partial charge in [0, 0.05) is 36.8 Å². The topological polar surface area (TPSA) is 41.4 Å². The SMILES string of the molecule is O=C(c1ccc(Cn2c(-c3ccccc3)nc3ccccc32)cc1)N1CCC(N2CCCC2)C1. The van der Waals surface area contributed by atoms with Crippen LogP contribution in [0.25, 0.3) is 22.4 Å². The number of hydrogen-bond acceptors (Lipinski definition) is 3. The highest BCUT2D eigenvalue weighted by molar-refractivity contribution is 5.94. The number of para-hydroxylation sites is 2. The van der Waals surface area contributed by atoms with Crippen molar-refractivity contribution in [2.24, 2.45) is 0 Å². The maximum atomic E-state index is 13.1. The average Bonchev–Trinajstić information content (AvgIpc) is 3.65. The van der Waals surface area contributed by atoms with Gasteiger partial charge in [0.05, 0.1) is 11.0 Å².